The summed E-state index contributed by atoms with van der Waals surface area (Å²) < 4.78 is 32.2. The van der Waals surface area contributed by atoms with Gasteiger partial charge in [-0.1, -0.05) is 49.2 Å². The number of fused-ring (bicyclic) bond motifs is 1. The second-order valence-electron chi connectivity index (χ2n) is 10.1. The maximum Gasteiger partial charge on any atom is 0.323 e. The van der Waals surface area contributed by atoms with Crippen LogP contribution in [0.15, 0.2) is 48.5 Å². The molecule has 3 aromatic carbocycles. The van der Waals surface area contributed by atoms with Crippen LogP contribution in [-0.2, 0) is 25.3 Å². The molecule has 3 N–H and O–H groups in total. The van der Waals surface area contributed by atoms with Gasteiger partial charge in [0.2, 0.25) is 0 Å². The third kappa shape index (κ3) is 6.53. The molecule has 1 aliphatic rings. The van der Waals surface area contributed by atoms with Gasteiger partial charge in [0.15, 0.2) is 16.7 Å². The fourth-order valence-corrected chi connectivity index (χ4v) is 4.87. The molecule has 8 nitrogen and oxygen atoms in total. The highest BCUT2D eigenvalue weighted by Crippen LogP contribution is 2.39. The molecule has 0 spiro atoms. The quantitative estimate of drug-likeness (QED) is 0.259. The third-order valence-electron chi connectivity index (χ3n) is 6.28. The lowest BCUT2D eigenvalue weighted by Crippen LogP contribution is -2.26. The first-order chi connectivity index (χ1) is 17.7. The van der Waals surface area contributed by atoms with Crippen molar-refractivity contribution in [2.45, 2.75) is 45.1 Å². The van der Waals surface area contributed by atoms with E-state index in [1.54, 1.807) is 6.26 Å². The van der Waals surface area contributed by atoms with E-state index in [-0.39, 0.29) is 11.5 Å². The molecule has 0 radical (unpaired) electrons. The van der Waals surface area contributed by atoms with Crippen LogP contribution in [0.1, 0.15) is 39.2 Å². The lowest BCUT2D eigenvalue weighted by atomic mass is 9.86. The Hall–Kier alpha value is -3.30. The lowest BCUT2D eigenvalue weighted by Gasteiger charge is -2.24. The summed E-state index contributed by atoms with van der Waals surface area (Å²) in [6.07, 6.45) is 3.41. The van der Waals surface area contributed by atoms with E-state index in [2.05, 4.69) is 36.1 Å². The zero-order valence-electron chi connectivity index (χ0n) is 22.0. The van der Waals surface area contributed by atoms with E-state index in [0.717, 1.165) is 34.9 Å². The second-order valence-corrected chi connectivity index (χ2v) is 11.3. The summed E-state index contributed by atoms with van der Waals surface area (Å²) in [5, 5.41) is 7.71. The van der Waals surface area contributed by atoms with Crippen molar-refractivity contribution in [2.24, 2.45) is 0 Å². The van der Waals surface area contributed by atoms with Crippen LogP contribution in [0.4, 0.5) is 21.9 Å². The Morgan fingerprint density at radius 1 is 0.973 bits per heavy atom. The maximum atomic E-state index is 13.2. The highest BCUT2D eigenvalue weighted by molar-refractivity contribution is 7.85. The molecule has 1 heterocycles. The maximum absolute atomic E-state index is 13.2. The monoisotopic (exact) mass is 526 g/mol. The van der Waals surface area contributed by atoms with Crippen LogP contribution in [0.5, 0.6) is 11.5 Å². The molecule has 1 saturated heterocycles. The van der Waals surface area contributed by atoms with Gasteiger partial charge in [-0.05, 0) is 35.2 Å². The molecule has 4 rings (SSSR count). The Bertz CT molecular complexity index is 1300. The molecule has 1 aliphatic heterocycles. The molecular weight excluding hydrogens is 490 g/mol. The molecule has 3 aromatic rings. The number of nitrogens with one attached hydrogen (secondary N) is 3. The molecule has 0 saturated carbocycles. The Morgan fingerprint density at radius 3 is 2.27 bits per heavy atom. The molecule has 37 heavy (non-hydrogen) atoms. The number of rotatable bonds is 7. The van der Waals surface area contributed by atoms with E-state index < -0.39 is 17.0 Å². The minimum atomic E-state index is -1.68. The third-order valence-corrected chi connectivity index (χ3v) is 6.84. The SMILES string of the molecule is COc1c(NC(=O)Nc2ccc(OC3CCOCC3)c3ccccc23)cc(C(C)(C)C)cc1N[SH+](C)=O. The number of amides is 2. The number of methoxy groups -OCH3 is 1. The van der Waals surface area contributed by atoms with Crippen LogP contribution in [-0.4, -0.2) is 38.7 Å². The summed E-state index contributed by atoms with van der Waals surface area (Å²) in [4.78, 5) is 13.2. The molecular formula is C28H36N3O5S+. The first-order valence-corrected chi connectivity index (χ1v) is 14.1. The number of carbonyl (C=O) groups is 1. The number of anilines is 3. The van der Waals surface area contributed by atoms with Gasteiger partial charge < -0.3 is 24.8 Å². The van der Waals surface area contributed by atoms with E-state index in [9.17, 15) is 9.00 Å². The fourth-order valence-electron chi connectivity index (χ4n) is 4.36. The number of hydrogen-bond donors (Lipinski definition) is 3. The van der Waals surface area contributed by atoms with Crippen molar-refractivity contribution in [1.29, 1.82) is 0 Å². The van der Waals surface area contributed by atoms with Crippen molar-refractivity contribution < 1.29 is 23.2 Å². The van der Waals surface area contributed by atoms with Gasteiger partial charge in [0.25, 0.3) is 0 Å². The van der Waals surface area contributed by atoms with Crippen molar-refractivity contribution in [3.05, 3.63) is 54.1 Å². The average Bonchev–Trinajstić information content (AvgIpc) is 2.85. The average molecular weight is 527 g/mol. The predicted molar refractivity (Wildman–Crippen MR) is 152 cm³/mol. The molecule has 1 atom stereocenters. The van der Waals surface area contributed by atoms with Gasteiger partial charge in [-0.3, -0.25) is 0 Å². The van der Waals surface area contributed by atoms with Crippen molar-refractivity contribution >= 4 is 44.9 Å². The Kier molecular flexibility index (Phi) is 8.24. The van der Waals surface area contributed by atoms with Gasteiger partial charge in [0, 0.05) is 23.6 Å². The van der Waals surface area contributed by atoms with E-state index in [0.29, 0.717) is 36.0 Å². The summed E-state index contributed by atoms with van der Waals surface area (Å²) in [5.74, 6) is 1.20. The first kappa shape index (κ1) is 26.8. The molecule has 0 aromatic heterocycles. The Balaban J connectivity index is 1.61. The largest absolute Gasteiger partial charge is 0.492 e. The van der Waals surface area contributed by atoms with Gasteiger partial charge in [-0.2, -0.15) is 0 Å². The lowest BCUT2D eigenvalue weighted by molar-refractivity contribution is 0.0262. The fraction of sp³-hybridized carbons (Fsp3) is 0.393. The smallest absolute Gasteiger partial charge is 0.323 e. The van der Waals surface area contributed by atoms with Gasteiger partial charge in [-0.25, -0.2) is 9.52 Å². The van der Waals surface area contributed by atoms with E-state index in [1.165, 1.54) is 7.11 Å². The summed E-state index contributed by atoms with van der Waals surface area (Å²) in [5.41, 5.74) is 2.46. The molecule has 1 unspecified atom stereocenters. The number of urea groups is 1. The predicted octanol–water partition coefficient (Wildman–Crippen LogP) is 6.00. The van der Waals surface area contributed by atoms with Crippen LogP contribution in [0.3, 0.4) is 0 Å². The van der Waals surface area contributed by atoms with E-state index in [4.69, 9.17) is 14.2 Å². The Morgan fingerprint density at radius 2 is 1.62 bits per heavy atom. The van der Waals surface area contributed by atoms with Crippen LogP contribution >= 0.6 is 0 Å². The van der Waals surface area contributed by atoms with E-state index in [1.807, 2.05) is 48.5 Å². The first-order valence-electron chi connectivity index (χ1n) is 12.4. The van der Waals surface area contributed by atoms with E-state index >= 15 is 0 Å². The van der Waals surface area contributed by atoms with Crippen LogP contribution in [0.2, 0.25) is 0 Å². The van der Waals surface area contributed by atoms with Crippen LogP contribution in [0, 0.1) is 0 Å². The summed E-state index contributed by atoms with van der Waals surface area (Å²) >= 11 is 0. The number of ether oxygens (including phenoxy) is 3. The highest BCUT2D eigenvalue weighted by atomic mass is 32.2. The number of benzene rings is 3. The van der Waals surface area contributed by atoms with Crippen molar-refractivity contribution in [3.8, 4) is 11.5 Å². The zero-order valence-corrected chi connectivity index (χ0v) is 22.9. The summed E-state index contributed by atoms with van der Waals surface area (Å²) in [6, 6.07) is 15.0. The highest BCUT2D eigenvalue weighted by Gasteiger charge is 2.23. The molecule has 0 bridgehead atoms. The summed E-state index contributed by atoms with van der Waals surface area (Å²) in [6.45, 7) is 7.63. The zero-order chi connectivity index (χ0) is 26.6. The van der Waals surface area contributed by atoms with Gasteiger partial charge in [0.05, 0.1) is 31.7 Å². The second kappa shape index (κ2) is 11.4. The van der Waals surface area contributed by atoms with Crippen LogP contribution in [0.25, 0.3) is 10.8 Å². The van der Waals surface area contributed by atoms with Crippen LogP contribution < -0.4 is 24.8 Å². The number of thiol groups is 1. The summed E-state index contributed by atoms with van der Waals surface area (Å²) in [7, 11) is -0.155. The number of hydrogen-bond acceptors (Lipinski definition) is 5. The van der Waals surface area contributed by atoms with Gasteiger partial charge in [-0.15, -0.1) is 0 Å². The molecule has 1 fully saturated rings. The normalized spacial score (nSPS) is 15.2. The molecule has 198 valence electrons. The van der Waals surface area contributed by atoms with Crippen molar-refractivity contribution in [2.75, 3.05) is 41.9 Å². The standard InChI is InChI=1S/C28H35N3O5S/c1-28(2,3)18-16-23(26(34-4)24(17-18)31-37(5)33)30-27(32)29-22-10-11-25(21-9-7-6-8-20(21)22)36-19-12-14-35-15-13-19/h6-11,16-17,19H,12-15H2,1-5H3,(H,31,33)(H2,29,30,32)/p+1. The topological polar surface area (TPSA) is 97.9 Å². The Labute approximate surface area is 220 Å². The molecule has 9 heteroatoms. The van der Waals surface area contributed by atoms with Gasteiger partial charge >= 0.3 is 6.03 Å². The van der Waals surface area contributed by atoms with Gasteiger partial charge in [0.1, 0.15) is 23.8 Å². The molecule has 0 aliphatic carbocycles. The minimum Gasteiger partial charge on any atom is -0.492 e. The number of carbonyl (C=O) groups excluding carboxylic acids is 1. The van der Waals surface area contributed by atoms with Crippen molar-refractivity contribution in [3.63, 3.8) is 0 Å². The van der Waals surface area contributed by atoms with Crippen molar-refractivity contribution in [1.82, 2.24) is 0 Å². The minimum absolute atomic E-state index is 0.114. The molecule has 2 amide bonds.